The summed E-state index contributed by atoms with van der Waals surface area (Å²) in [4.78, 5) is 0.0440. The van der Waals surface area contributed by atoms with Crippen LogP contribution in [-0.2, 0) is 51.7 Å². The summed E-state index contributed by atoms with van der Waals surface area (Å²) in [5.74, 6) is 0.0987. The molecule has 2 heterocycles. The van der Waals surface area contributed by atoms with Crippen LogP contribution in [0.3, 0.4) is 0 Å². The summed E-state index contributed by atoms with van der Waals surface area (Å²) in [6.07, 6.45) is 3.31. The number of aromatic nitrogens is 1. The van der Waals surface area contributed by atoms with Crippen LogP contribution >= 0.6 is 0 Å². The van der Waals surface area contributed by atoms with Gasteiger partial charge in [0.2, 0.25) is 5.88 Å². The molecule has 0 spiro atoms. The molecule has 0 radical (unpaired) electrons. The number of ether oxygens (including phenoxy) is 3. The highest BCUT2D eigenvalue weighted by Crippen LogP contribution is 2.36. The number of anilines is 1. The second-order valence-electron chi connectivity index (χ2n) is 12.5. The predicted molar refractivity (Wildman–Crippen MR) is 175 cm³/mol. The van der Waals surface area contributed by atoms with E-state index in [-0.39, 0.29) is 37.0 Å². The molecule has 248 valence electrons. The molecule has 0 amide bonds. The van der Waals surface area contributed by atoms with E-state index in [2.05, 4.69) is 24.8 Å². The smallest absolute Gasteiger partial charge is 0.269 e. The predicted octanol–water partition coefficient (Wildman–Crippen LogP) is 5.99. The van der Waals surface area contributed by atoms with Crippen LogP contribution in [0.25, 0.3) is 11.1 Å². The van der Waals surface area contributed by atoms with Crippen molar-refractivity contribution in [3.05, 3.63) is 64.8 Å². The number of rotatable bonds is 15. The van der Waals surface area contributed by atoms with Crippen molar-refractivity contribution < 1.29 is 39.8 Å². The molecule has 0 N–H and O–H groups in total. The summed E-state index contributed by atoms with van der Waals surface area (Å²) < 4.78 is 81.8. The number of hydrogen-bond donors (Lipinski definition) is 0. The van der Waals surface area contributed by atoms with Crippen molar-refractivity contribution in [3.8, 4) is 11.1 Å². The Hall–Kier alpha value is -2.59. The van der Waals surface area contributed by atoms with E-state index >= 15 is 0 Å². The second-order valence-corrected chi connectivity index (χ2v) is 21.6. The average Bonchev–Trinajstić information content (AvgIpc) is 3.31. The highest BCUT2D eigenvalue weighted by Gasteiger charge is 2.33. The normalized spacial score (nSPS) is 16.2. The number of nitrogens with zero attached hydrogens (tertiary/aromatic N) is 2. The van der Waals surface area contributed by atoms with Crippen molar-refractivity contribution in [1.82, 2.24) is 5.16 Å². The van der Waals surface area contributed by atoms with Crippen molar-refractivity contribution in [1.29, 1.82) is 0 Å². The zero-order valence-electron chi connectivity index (χ0n) is 26.9. The topological polar surface area (TPSA) is 134 Å². The zero-order chi connectivity index (χ0) is 32.8. The Morgan fingerprint density at radius 3 is 2.40 bits per heavy atom. The fourth-order valence-electron chi connectivity index (χ4n) is 4.75. The molecule has 11 nitrogen and oxygen atoms in total. The Bertz CT molecular complexity index is 1660. The van der Waals surface area contributed by atoms with Gasteiger partial charge in [-0.3, -0.25) is 4.18 Å². The van der Waals surface area contributed by atoms with Gasteiger partial charge >= 0.3 is 0 Å². The fraction of sp³-hybridized carbons (Fsp3) is 0.516. The van der Waals surface area contributed by atoms with E-state index in [4.69, 9.17) is 22.9 Å². The van der Waals surface area contributed by atoms with Crippen molar-refractivity contribution in [2.75, 3.05) is 30.5 Å². The van der Waals surface area contributed by atoms with Crippen LogP contribution in [0.15, 0.2) is 51.9 Å². The molecule has 1 aliphatic rings. The Balaban J connectivity index is 1.74. The molecule has 1 aliphatic heterocycles. The first-order valence-electron chi connectivity index (χ1n) is 15.0. The van der Waals surface area contributed by atoms with Gasteiger partial charge in [-0.15, -0.1) is 0 Å². The summed E-state index contributed by atoms with van der Waals surface area (Å²) >= 11 is 0. The molecule has 1 fully saturated rings. The van der Waals surface area contributed by atoms with Crippen LogP contribution in [0.4, 0.5) is 5.88 Å². The summed E-state index contributed by atoms with van der Waals surface area (Å²) in [6.45, 7) is 10.9. The lowest BCUT2D eigenvalue weighted by atomic mass is 9.98. The summed E-state index contributed by atoms with van der Waals surface area (Å²) in [5, 5.41) is 4.01. The molecule has 45 heavy (non-hydrogen) atoms. The molecule has 1 aromatic heterocycles. The molecule has 1 atom stereocenters. The zero-order valence-corrected chi connectivity index (χ0v) is 29.5. The average molecular weight is 681 g/mol. The Morgan fingerprint density at radius 2 is 1.76 bits per heavy atom. The minimum Gasteiger partial charge on any atom is -0.360 e. The fourth-order valence-corrected chi connectivity index (χ4v) is 7.40. The van der Waals surface area contributed by atoms with E-state index in [1.807, 2.05) is 0 Å². The van der Waals surface area contributed by atoms with E-state index in [1.54, 1.807) is 56.3 Å². The van der Waals surface area contributed by atoms with Gasteiger partial charge in [-0.25, -0.2) is 12.7 Å². The van der Waals surface area contributed by atoms with Crippen LogP contribution < -0.4 is 4.31 Å². The molecular weight excluding hydrogens is 637 g/mol. The SMILES string of the molecule is Cc1noc(N(COCC[Si](C)(C)C)S(=O)(=O)c2ccccc2-c2ccc(COS(C)(=O)=O)cc2COC2CCCCO2)c1C. The minimum absolute atomic E-state index is 0.0440. The molecule has 0 bridgehead atoms. The third-order valence-corrected chi connectivity index (χ3v) is 11.5. The van der Waals surface area contributed by atoms with E-state index in [1.165, 1.54) is 0 Å². The van der Waals surface area contributed by atoms with Gasteiger partial charge in [-0.2, -0.15) is 8.42 Å². The van der Waals surface area contributed by atoms with Crippen LogP contribution in [0.1, 0.15) is 41.6 Å². The number of aryl methyl sites for hydroxylation is 1. The van der Waals surface area contributed by atoms with E-state index in [0.29, 0.717) is 46.7 Å². The van der Waals surface area contributed by atoms with Crippen LogP contribution in [0, 0.1) is 13.8 Å². The Kier molecular flexibility index (Phi) is 11.7. The van der Waals surface area contributed by atoms with Gasteiger partial charge in [0.25, 0.3) is 20.1 Å². The first-order valence-corrected chi connectivity index (χ1v) is 21.9. The van der Waals surface area contributed by atoms with Crippen LogP contribution in [0.2, 0.25) is 25.7 Å². The molecule has 0 aliphatic carbocycles. The molecule has 14 heteroatoms. The van der Waals surface area contributed by atoms with Crippen LogP contribution in [0.5, 0.6) is 0 Å². The molecule has 3 aromatic rings. The van der Waals surface area contributed by atoms with Crippen molar-refractivity contribution in [2.45, 2.75) is 83.2 Å². The quantitative estimate of drug-likeness (QED) is 0.0816. The van der Waals surface area contributed by atoms with Crippen molar-refractivity contribution in [2.24, 2.45) is 0 Å². The van der Waals surface area contributed by atoms with E-state index < -0.39 is 28.2 Å². The summed E-state index contributed by atoms with van der Waals surface area (Å²) in [7, 11) is -9.32. The number of benzene rings is 2. The highest BCUT2D eigenvalue weighted by molar-refractivity contribution is 7.93. The van der Waals surface area contributed by atoms with Crippen LogP contribution in [-0.4, -0.2) is 62.6 Å². The maximum Gasteiger partial charge on any atom is 0.269 e. The van der Waals surface area contributed by atoms with Gasteiger partial charge in [0, 0.05) is 32.4 Å². The number of sulfonamides is 1. The van der Waals surface area contributed by atoms with Gasteiger partial charge in [-0.1, -0.05) is 61.2 Å². The van der Waals surface area contributed by atoms with Gasteiger partial charge in [0.1, 0.15) is 6.73 Å². The standard InChI is InChI=1S/C31H44N2O9S2Si/c1-23-24(2)32-42-31(23)33(22-38-17-18-45(4,5)6)44(36,37)29-12-8-7-11-28(29)27-15-14-25(20-41-43(3,34)35)19-26(27)21-40-30-13-9-10-16-39-30/h7-8,11-12,14-15,19,30H,9-10,13,16-18,20-22H2,1-6H3. The largest absolute Gasteiger partial charge is 0.360 e. The van der Waals surface area contributed by atoms with Crippen molar-refractivity contribution >= 4 is 34.1 Å². The lowest BCUT2D eigenvalue weighted by Gasteiger charge is -2.25. The third-order valence-electron chi connectivity index (χ3n) is 7.48. The monoisotopic (exact) mass is 680 g/mol. The van der Waals surface area contributed by atoms with Crippen molar-refractivity contribution in [3.63, 3.8) is 0 Å². The lowest BCUT2D eigenvalue weighted by molar-refractivity contribution is -0.168. The lowest BCUT2D eigenvalue weighted by Crippen LogP contribution is -2.34. The van der Waals surface area contributed by atoms with Gasteiger partial charge in [0.15, 0.2) is 6.29 Å². The summed E-state index contributed by atoms with van der Waals surface area (Å²) in [5.41, 5.74) is 3.48. The molecular formula is C31H44N2O9S2Si. The van der Waals surface area contributed by atoms with Gasteiger partial charge < -0.3 is 18.7 Å². The molecule has 1 saturated heterocycles. The molecule has 2 aromatic carbocycles. The molecule has 0 saturated carbocycles. The molecule has 1 unspecified atom stereocenters. The van der Waals surface area contributed by atoms with Gasteiger partial charge in [0.05, 0.1) is 30.1 Å². The first-order chi connectivity index (χ1) is 21.2. The maximum atomic E-state index is 14.5. The first kappa shape index (κ1) is 35.3. The van der Waals surface area contributed by atoms with Gasteiger partial charge in [-0.05, 0) is 61.9 Å². The highest BCUT2D eigenvalue weighted by atomic mass is 32.2. The summed E-state index contributed by atoms with van der Waals surface area (Å²) in [6, 6.07) is 12.8. The Labute approximate surface area is 268 Å². The minimum atomic E-state index is -4.23. The third kappa shape index (κ3) is 9.70. The van der Waals surface area contributed by atoms with E-state index in [0.717, 1.165) is 35.9 Å². The second kappa shape index (κ2) is 14.9. The number of hydrogen-bond acceptors (Lipinski definition) is 10. The molecule has 4 rings (SSSR count). The maximum absolute atomic E-state index is 14.5. The van der Waals surface area contributed by atoms with E-state index in [9.17, 15) is 16.8 Å². The Morgan fingerprint density at radius 1 is 1.00 bits per heavy atom.